The van der Waals surface area contributed by atoms with Crippen molar-refractivity contribution in [3.05, 3.63) is 18.0 Å². The van der Waals surface area contributed by atoms with E-state index >= 15 is 0 Å². The number of aromatic nitrogens is 2. The summed E-state index contributed by atoms with van der Waals surface area (Å²) >= 11 is 0. The summed E-state index contributed by atoms with van der Waals surface area (Å²) in [7, 11) is 0. The first-order valence-corrected chi connectivity index (χ1v) is 8.50. The van der Waals surface area contributed by atoms with Gasteiger partial charge >= 0.3 is 0 Å². The smallest absolute Gasteiger partial charge is 0.0627 e. The van der Waals surface area contributed by atoms with E-state index < -0.39 is 0 Å². The van der Waals surface area contributed by atoms with Crippen LogP contribution in [0.4, 0.5) is 0 Å². The maximum atomic E-state index is 4.77. The maximum Gasteiger partial charge on any atom is 0.0627 e. The van der Waals surface area contributed by atoms with Crippen LogP contribution in [0.3, 0.4) is 0 Å². The van der Waals surface area contributed by atoms with E-state index in [2.05, 4.69) is 43.0 Å². The first kappa shape index (κ1) is 15.6. The zero-order valence-electron chi connectivity index (χ0n) is 13.4. The molecule has 114 valence electrons. The molecule has 0 aromatic carbocycles. The standard InChI is InChI=1S/C17H31N3/c1-4-14(3)20-11-10-17(19-20)13-15-8-6-7-9-16(12-15)18-5-2/h10-11,14-16,18H,4-9,12-13H2,1-3H3. The number of rotatable bonds is 6. The highest BCUT2D eigenvalue weighted by molar-refractivity contribution is 5.01. The Bertz CT molecular complexity index is 385. The Kier molecular flexibility index (Phi) is 6.08. The minimum atomic E-state index is 0.521. The second-order valence-corrected chi connectivity index (χ2v) is 6.39. The highest BCUT2D eigenvalue weighted by atomic mass is 15.3. The van der Waals surface area contributed by atoms with Crippen molar-refractivity contribution < 1.29 is 0 Å². The van der Waals surface area contributed by atoms with Gasteiger partial charge in [0.1, 0.15) is 0 Å². The van der Waals surface area contributed by atoms with Gasteiger partial charge in [0.25, 0.3) is 0 Å². The molecule has 0 aliphatic heterocycles. The summed E-state index contributed by atoms with van der Waals surface area (Å²) in [5.74, 6) is 0.807. The molecule has 0 spiro atoms. The Morgan fingerprint density at radius 1 is 1.35 bits per heavy atom. The molecule has 0 saturated heterocycles. The van der Waals surface area contributed by atoms with Crippen molar-refractivity contribution in [3.8, 4) is 0 Å². The van der Waals surface area contributed by atoms with Gasteiger partial charge in [0, 0.05) is 18.3 Å². The van der Waals surface area contributed by atoms with Crippen molar-refractivity contribution in [2.45, 2.75) is 77.8 Å². The van der Waals surface area contributed by atoms with Gasteiger partial charge in [0.15, 0.2) is 0 Å². The normalized spacial score (nSPS) is 25.4. The van der Waals surface area contributed by atoms with Crippen LogP contribution in [0.15, 0.2) is 12.3 Å². The molecule has 1 aromatic rings. The third-order valence-corrected chi connectivity index (χ3v) is 4.73. The van der Waals surface area contributed by atoms with Crippen molar-refractivity contribution in [2.24, 2.45) is 5.92 Å². The van der Waals surface area contributed by atoms with Crippen LogP contribution in [0.5, 0.6) is 0 Å². The SMILES string of the molecule is CCNC1CCCCC(Cc2ccn(C(C)CC)n2)C1. The topological polar surface area (TPSA) is 29.9 Å². The molecule has 1 fully saturated rings. The van der Waals surface area contributed by atoms with Gasteiger partial charge in [-0.3, -0.25) is 4.68 Å². The lowest BCUT2D eigenvalue weighted by atomic mass is 9.93. The van der Waals surface area contributed by atoms with Crippen molar-refractivity contribution in [2.75, 3.05) is 6.54 Å². The van der Waals surface area contributed by atoms with E-state index in [0.29, 0.717) is 6.04 Å². The van der Waals surface area contributed by atoms with E-state index in [-0.39, 0.29) is 0 Å². The molecule has 3 atom stereocenters. The van der Waals surface area contributed by atoms with Crippen LogP contribution >= 0.6 is 0 Å². The Morgan fingerprint density at radius 3 is 2.90 bits per heavy atom. The highest BCUT2D eigenvalue weighted by Crippen LogP contribution is 2.26. The fraction of sp³-hybridized carbons (Fsp3) is 0.824. The molecule has 1 aromatic heterocycles. The number of nitrogens with one attached hydrogen (secondary N) is 1. The fourth-order valence-electron chi connectivity index (χ4n) is 3.34. The molecule has 1 saturated carbocycles. The zero-order chi connectivity index (χ0) is 14.4. The summed E-state index contributed by atoms with van der Waals surface area (Å²) in [4.78, 5) is 0. The summed E-state index contributed by atoms with van der Waals surface area (Å²) in [5, 5.41) is 8.42. The number of hydrogen-bond acceptors (Lipinski definition) is 2. The zero-order valence-corrected chi connectivity index (χ0v) is 13.4. The second kappa shape index (κ2) is 7.82. The Balaban J connectivity index is 1.92. The average molecular weight is 277 g/mol. The summed E-state index contributed by atoms with van der Waals surface area (Å²) in [6.07, 6.45) is 11.3. The number of hydrogen-bond donors (Lipinski definition) is 1. The minimum Gasteiger partial charge on any atom is -0.314 e. The second-order valence-electron chi connectivity index (χ2n) is 6.39. The molecule has 1 aliphatic rings. The third kappa shape index (κ3) is 4.34. The van der Waals surface area contributed by atoms with Crippen molar-refractivity contribution >= 4 is 0 Å². The van der Waals surface area contributed by atoms with Crippen molar-refractivity contribution in [1.82, 2.24) is 15.1 Å². The number of nitrogens with zero attached hydrogens (tertiary/aromatic N) is 2. The molecule has 1 N–H and O–H groups in total. The lowest BCUT2D eigenvalue weighted by Gasteiger charge is -2.20. The third-order valence-electron chi connectivity index (χ3n) is 4.73. The van der Waals surface area contributed by atoms with Crippen LogP contribution < -0.4 is 5.32 Å². The average Bonchev–Trinajstić information content (AvgIpc) is 2.80. The molecule has 0 radical (unpaired) electrons. The van der Waals surface area contributed by atoms with Gasteiger partial charge < -0.3 is 5.32 Å². The predicted octanol–water partition coefficient (Wildman–Crippen LogP) is 3.96. The Morgan fingerprint density at radius 2 is 2.15 bits per heavy atom. The van der Waals surface area contributed by atoms with Crippen LogP contribution in [0, 0.1) is 5.92 Å². The van der Waals surface area contributed by atoms with E-state index in [1.165, 1.54) is 37.8 Å². The van der Waals surface area contributed by atoms with Crippen LogP contribution in [0.1, 0.15) is 71.0 Å². The molecular weight excluding hydrogens is 246 g/mol. The summed E-state index contributed by atoms with van der Waals surface area (Å²) < 4.78 is 2.13. The van der Waals surface area contributed by atoms with E-state index in [4.69, 9.17) is 5.10 Å². The van der Waals surface area contributed by atoms with Crippen LogP contribution in [0.2, 0.25) is 0 Å². The van der Waals surface area contributed by atoms with Crippen molar-refractivity contribution in [1.29, 1.82) is 0 Å². The molecule has 2 rings (SSSR count). The molecule has 3 heteroatoms. The fourth-order valence-corrected chi connectivity index (χ4v) is 3.34. The molecule has 0 amide bonds. The van der Waals surface area contributed by atoms with Crippen LogP contribution in [-0.4, -0.2) is 22.4 Å². The molecule has 1 heterocycles. The summed E-state index contributed by atoms with van der Waals surface area (Å²) in [6, 6.07) is 3.47. The lowest BCUT2D eigenvalue weighted by Crippen LogP contribution is -2.30. The molecule has 1 aliphatic carbocycles. The van der Waals surface area contributed by atoms with E-state index in [1.807, 2.05) is 0 Å². The maximum absolute atomic E-state index is 4.77. The van der Waals surface area contributed by atoms with Crippen LogP contribution in [-0.2, 0) is 6.42 Å². The first-order valence-electron chi connectivity index (χ1n) is 8.50. The lowest BCUT2D eigenvalue weighted by molar-refractivity contribution is 0.383. The van der Waals surface area contributed by atoms with Gasteiger partial charge in [-0.2, -0.15) is 5.10 Å². The van der Waals surface area contributed by atoms with Gasteiger partial charge in [-0.05, 0) is 51.1 Å². The first-order chi connectivity index (χ1) is 9.72. The van der Waals surface area contributed by atoms with Gasteiger partial charge in [-0.15, -0.1) is 0 Å². The van der Waals surface area contributed by atoms with E-state index in [1.54, 1.807) is 0 Å². The van der Waals surface area contributed by atoms with Gasteiger partial charge in [-0.25, -0.2) is 0 Å². The minimum absolute atomic E-state index is 0.521. The van der Waals surface area contributed by atoms with E-state index in [0.717, 1.165) is 31.3 Å². The largest absolute Gasteiger partial charge is 0.314 e. The molecule has 3 nitrogen and oxygen atoms in total. The van der Waals surface area contributed by atoms with Gasteiger partial charge in [-0.1, -0.05) is 33.1 Å². The van der Waals surface area contributed by atoms with Gasteiger partial charge in [0.05, 0.1) is 5.69 Å². The quantitative estimate of drug-likeness (QED) is 0.798. The van der Waals surface area contributed by atoms with Crippen molar-refractivity contribution in [3.63, 3.8) is 0 Å². The summed E-state index contributed by atoms with van der Waals surface area (Å²) in [5.41, 5.74) is 1.28. The Labute approximate surface area is 124 Å². The van der Waals surface area contributed by atoms with Crippen LogP contribution in [0.25, 0.3) is 0 Å². The molecule has 0 bridgehead atoms. The van der Waals surface area contributed by atoms with E-state index in [9.17, 15) is 0 Å². The van der Waals surface area contributed by atoms with Gasteiger partial charge in [0.2, 0.25) is 0 Å². The summed E-state index contributed by atoms with van der Waals surface area (Å²) in [6.45, 7) is 7.77. The predicted molar refractivity (Wildman–Crippen MR) is 85.0 cm³/mol. The molecule has 3 unspecified atom stereocenters. The highest BCUT2D eigenvalue weighted by Gasteiger charge is 2.20. The Hall–Kier alpha value is -0.830. The monoisotopic (exact) mass is 277 g/mol. The molecular formula is C17H31N3. The molecule has 20 heavy (non-hydrogen) atoms.